The summed E-state index contributed by atoms with van der Waals surface area (Å²) in [6.07, 6.45) is -4.56. The molecule has 0 unspecified atom stereocenters. The van der Waals surface area contributed by atoms with Crippen molar-refractivity contribution in [2.24, 2.45) is 7.05 Å². The largest absolute Gasteiger partial charge is 0.416 e. The van der Waals surface area contributed by atoms with Crippen LogP contribution >= 0.6 is 23.4 Å². The second-order valence-corrected chi connectivity index (χ2v) is 8.84. The molecule has 0 saturated carbocycles. The van der Waals surface area contributed by atoms with Crippen molar-refractivity contribution < 1.29 is 22.8 Å². The zero-order valence-electron chi connectivity index (χ0n) is 18.4. The number of nitrogens with zero attached hydrogens (tertiary/aromatic N) is 3. The van der Waals surface area contributed by atoms with Crippen LogP contribution in [-0.2, 0) is 18.0 Å². The van der Waals surface area contributed by atoms with Crippen LogP contribution in [0.4, 0.5) is 18.9 Å². The van der Waals surface area contributed by atoms with Gasteiger partial charge in [-0.05, 0) is 44.2 Å². The van der Waals surface area contributed by atoms with Crippen LogP contribution in [0.3, 0.4) is 0 Å². The number of alkyl halides is 3. The Morgan fingerprint density at radius 3 is 2.47 bits per heavy atom. The number of hydrogen-bond acceptors (Lipinski definition) is 5. The number of benzene rings is 2. The number of thioether (sulfide) groups is 1. The first-order valence-corrected chi connectivity index (χ1v) is 11.4. The Bertz CT molecular complexity index is 1200. The summed E-state index contributed by atoms with van der Waals surface area (Å²) in [5.41, 5.74) is 0.505. The Morgan fingerprint density at radius 1 is 1.15 bits per heavy atom. The molecular weight excluding hydrogens is 491 g/mol. The van der Waals surface area contributed by atoms with E-state index in [0.29, 0.717) is 16.5 Å². The summed E-state index contributed by atoms with van der Waals surface area (Å²) >= 11 is 6.96. The number of nitrogens with one attached hydrogen (secondary N) is 2. The Hall–Kier alpha value is -3.05. The van der Waals surface area contributed by atoms with E-state index in [4.69, 9.17) is 11.6 Å². The molecule has 180 valence electrons. The van der Waals surface area contributed by atoms with Gasteiger partial charge in [-0.25, -0.2) is 0 Å². The summed E-state index contributed by atoms with van der Waals surface area (Å²) in [5.74, 6) is -0.481. The summed E-state index contributed by atoms with van der Waals surface area (Å²) in [5, 5.41) is 13.8. The maximum Gasteiger partial charge on any atom is 0.416 e. The van der Waals surface area contributed by atoms with Crippen molar-refractivity contribution in [1.82, 2.24) is 20.1 Å². The zero-order chi connectivity index (χ0) is 25.0. The third kappa shape index (κ3) is 6.29. The van der Waals surface area contributed by atoms with Gasteiger partial charge in [0, 0.05) is 12.6 Å². The van der Waals surface area contributed by atoms with Crippen LogP contribution in [0, 0.1) is 6.92 Å². The first-order valence-electron chi connectivity index (χ1n) is 10.0. The smallest absolute Gasteiger partial charge is 0.342 e. The highest BCUT2D eigenvalue weighted by Crippen LogP contribution is 2.34. The van der Waals surface area contributed by atoms with E-state index in [2.05, 4.69) is 20.8 Å². The van der Waals surface area contributed by atoms with Crippen molar-refractivity contribution in [3.8, 4) is 0 Å². The molecule has 0 fully saturated rings. The van der Waals surface area contributed by atoms with Crippen LogP contribution in [-0.4, -0.2) is 32.3 Å². The van der Waals surface area contributed by atoms with Crippen LogP contribution < -0.4 is 10.6 Å². The number of anilines is 1. The molecule has 0 saturated heterocycles. The Balaban J connectivity index is 1.60. The monoisotopic (exact) mass is 511 g/mol. The van der Waals surface area contributed by atoms with E-state index in [0.717, 1.165) is 35.5 Å². The van der Waals surface area contributed by atoms with Gasteiger partial charge in [0.25, 0.3) is 5.91 Å². The maximum atomic E-state index is 12.9. The van der Waals surface area contributed by atoms with Crippen LogP contribution in [0.5, 0.6) is 0 Å². The summed E-state index contributed by atoms with van der Waals surface area (Å²) in [6, 6.07) is 9.38. The van der Waals surface area contributed by atoms with Crippen molar-refractivity contribution in [2.45, 2.75) is 31.2 Å². The minimum absolute atomic E-state index is 0.00885. The molecule has 0 radical (unpaired) electrons. The quantitative estimate of drug-likeness (QED) is 0.435. The molecular formula is C22H21ClF3N5O2S. The molecule has 0 spiro atoms. The molecule has 12 heteroatoms. The van der Waals surface area contributed by atoms with Gasteiger partial charge in [0.15, 0.2) is 11.0 Å². The Kier molecular flexibility index (Phi) is 7.88. The summed E-state index contributed by atoms with van der Waals surface area (Å²) < 4.78 is 40.4. The van der Waals surface area contributed by atoms with Gasteiger partial charge in [-0.3, -0.25) is 9.59 Å². The second-order valence-electron chi connectivity index (χ2n) is 7.49. The predicted octanol–water partition coefficient (Wildman–Crippen LogP) is 5.02. The van der Waals surface area contributed by atoms with E-state index in [1.807, 2.05) is 19.1 Å². The lowest BCUT2D eigenvalue weighted by molar-refractivity contribution is -0.137. The molecule has 1 atom stereocenters. The van der Waals surface area contributed by atoms with E-state index in [1.165, 1.54) is 0 Å². The van der Waals surface area contributed by atoms with Gasteiger partial charge in [-0.2, -0.15) is 13.2 Å². The number of amides is 2. The van der Waals surface area contributed by atoms with Gasteiger partial charge in [-0.1, -0.05) is 41.1 Å². The highest BCUT2D eigenvalue weighted by Gasteiger charge is 2.31. The molecule has 1 heterocycles. The molecule has 0 aliphatic heterocycles. The van der Waals surface area contributed by atoms with Crippen molar-refractivity contribution in [3.05, 3.63) is 70.0 Å². The lowest BCUT2D eigenvalue weighted by atomic mass is 10.1. The zero-order valence-corrected chi connectivity index (χ0v) is 20.0. The lowest BCUT2D eigenvalue weighted by Gasteiger charge is -2.14. The van der Waals surface area contributed by atoms with Gasteiger partial charge in [0.2, 0.25) is 5.91 Å². The fourth-order valence-electron chi connectivity index (χ4n) is 2.99. The first kappa shape index (κ1) is 25.6. The van der Waals surface area contributed by atoms with Gasteiger partial charge < -0.3 is 15.2 Å². The predicted molar refractivity (Wildman–Crippen MR) is 124 cm³/mol. The Labute approximate surface area is 203 Å². The van der Waals surface area contributed by atoms with Crippen molar-refractivity contribution in [3.63, 3.8) is 0 Å². The molecule has 2 aromatic carbocycles. The number of carbonyl (C=O) groups excluding carboxylic acids is 2. The standard InChI is InChI=1S/C22H21ClF3N5O2S/c1-12-4-6-14(7-5-12)20(33)27-13(2)19-29-30-21(31(19)3)34-11-18(32)28-17-10-15(22(24,25)26)8-9-16(17)23/h4-10,13H,11H2,1-3H3,(H,27,33)(H,28,32)/t13-/m0/s1. The van der Waals surface area contributed by atoms with E-state index < -0.39 is 23.7 Å². The van der Waals surface area contributed by atoms with Gasteiger partial charge in [0.1, 0.15) is 0 Å². The Morgan fingerprint density at radius 2 is 1.82 bits per heavy atom. The van der Waals surface area contributed by atoms with E-state index in [-0.39, 0.29) is 22.4 Å². The fraction of sp³-hybridized carbons (Fsp3) is 0.273. The normalized spacial score (nSPS) is 12.3. The van der Waals surface area contributed by atoms with E-state index in [1.54, 1.807) is 30.7 Å². The molecule has 3 aromatic rings. The van der Waals surface area contributed by atoms with Crippen molar-refractivity contribution >= 4 is 40.9 Å². The molecule has 1 aromatic heterocycles. The molecule has 34 heavy (non-hydrogen) atoms. The van der Waals surface area contributed by atoms with Crippen molar-refractivity contribution in [1.29, 1.82) is 0 Å². The van der Waals surface area contributed by atoms with E-state index in [9.17, 15) is 22.8 Å². The number of carbonyl (C=O) groups is 2. The topological polar surface area (TPSA) is 88.9 Å². The van der Waals surface area contributed by atoms with Crippen LogP contribution in [0.2, 0.25) is 5.02 Å². The molecule has 3 rings (SSSR count). The SMILES string of the molecule is Cc1ccc(C(=O)N[C@@H](C)c2nnc(SCC(=O)Nc3cc(C(F)(F)F)ccc3Cl)n2C)cc1. The summed E-state index contributed by atoms with van der Waals surface area (Å²) in [7, 11) is 1.69. The van der Waals surface area contributed by atoms with Crippen LogP contribution in [0.25, 0.3) is 0 Å². The van der Waals surface area contributed by atoms with Gasteiger partial charge in [0.05, 0.1) is 28.1 Å². The summed E-state index contributed by atoms with van der Waals surface area (Å²) in [4.78, 5) is 24.7. The van der Waals surface area contributed by atoms with Crippen LogP contribution in [0.1, 0.15) is 40.3 Å². The number of halogens is 4. The minimum atomic E-state index is -4.56. The molecule has 0 bridgehead atoms. The van der Waals surface area contributed by atoms with Crippen molar-refractivity contribution in [2.75, 3.05) is 11.1 Å². The third-order valence-electron chi connectivity index (χ3n) is 4.82. The average molecular weight is 512 g/mol. The number of rotatable bonds is 7. The molecule has 0 aliphatic rings. The third-order valence-corrected chi connectivity index (χ3v) is 6.17. The second kappa shape index (κ2) is 10.5. The van der Waals surface area contributed by atoms with E-state index >= 15 is 0 Å². The first-order chi connectivity index (χ1) is 16.0. The summed E-state index contributed by atoms with van der Waals surface area (Å²) in [6.45, 7) is 3.68. The number of hydrogen-bond donors (Lipinski definition) is 2. The highest BCUT2D eigenvalue weighted by molar-refractivity contribution is 7.99. The minimum Gasteiger partial charge on any atom is -0.342 e. The molecule has 0 aliphatic carbocycles. The molecule has 7 nitrogen and oxygen atoms in total. The van der Waals surface area contributed by atoms with Crippen LogP contribution in [0.15, 0.2) is 47.6 Å². The lowest BCUT2D eigenvalue weighted by Crippen LogP contribution is -2.28. The average Bonchev–Trinajstić information content (AvgIpc) is 3.13. The maximum absolute atomic E-state index is 12.9. The van der Waals surface area contributed by atoms with Gasteiger partial charge >= 0.3 is 6.18 Å². The molecule has 2 N–H and O–H groups in total. The fourth-order valence-corrected chi connectivity index (χ4v) is 3.88. The van der Waals surface area contributed by atoms with Gasteiger partial charge in [-0.15, -0.1) is 10.2 Å². The highest BCUT2D eigenvalue weighted by atomic mass is 35.5. The number of aryl methyl sites for hydroxylation is 1. The molecule has 2 amide bonds. The number of aromatic nitrogens is 3.